The SMILES string of the molecule is C=O.CN.O=S1CCc2ccccc2C1. The summed E-state index contributed by atoms with van der Waals surface area (Å²) in [6, 6.07) is 8.27. The summed E-state index contributed by atoms with van der Waals surface area (Å²) in [6.07, 6.45) is 0.989. The average Bonchev–Trinajstić information content (AvgIpc) is 2.34. The number of benzene rings is 1. The number of aryl methyl sites for hydroxylation is 1. The van der Waals surface area contributed by atoms with E-state index < -0.39 is 10.8 Å². The molecule has 2 N–H and O–H groups in total. The van der Waals surface area contributed by atoms with Gasteiger partial charge in [0, 0.05) is 22.3 Å². The molecule has 0 bridgehead atoms. The zero-order valence-electron chi connectivity index (χ0n) is 8.94. The molecule has 0 radical (unpaired) electrons. The maximum Gasteiger partial charge on any atom is 0.106 e. The molecule has 1 unspecified atom stereocenters. The lowest BCUT2D eigenvalue weighted by molar-refractivity contribution is -0.0979. The van der Waals surface area contributed by atoms with Crippen molar-refractivity contribution in [3.8, 4) is 0 Å². The van der Waals surface area contributed by atoms with Gasteiger partial charge < -0.3 is 10.5 Å². The van der Waals surface area contributed by atoms with E-state index in [1.807, 2.05) is 18.9 Å². The fourth-order valence-electron chi connectivity index (χ4n) is 1.41. The third-order valence-electron chi connectivity index (χ3n) is 2.03. The number of hydrogen-bond donors (Lipinski definition) is 1. The molecule has 84 valence electrons. The number of carbonyl (C=O) groups is 1. The molecule has 0 saturated carbocycles. The lowest BCUT2D eigenvalue weighted by Crippen LogP contribution is -2.12. The van der Waals surface area contributed by atoms with Crippen LogP contribution >= 0.6 is 0 Å². The minimum atomic E-state index is -0.602. The topological polar surface area (TPSA) is 60.2 Å². The van der Waals surface area contributed by atoms with E-state index in [4.69, 9.17) is 4.79 Å². The van der Waals surface area contributed by atoms with Crippen molar-refractivity contribution in [3.05, 3.63) is 35.4 Å². The molecule has 0 saturated heterocycles. The molecule has 1 aliphatic heterocycles. The van der Waals surface area contributed by atoms with E-state index in [0.29, 0.717) is 0 Å². The van der Waals surface area contributed by atoms with Crippen LogP contribution in [-0.2, 0) is 27.8 Å². The largest absolute Gasteiger partial charge is 0.333 e. The number of nitrogens with two attached hydrogens (primary N) is 1. The van der Waals surface area contributed by atoms with E-state index in [1.165, 1.54) is 18.2 Å². The number of fused-ring (bicyclic) bond motifs is 1. The van der Waals surface area contributed by atoms with Crippen LogP contribution in [0.5, 0.6) is 0 Å². The Labute approximate surface area is 93.1 Å². The molecule has 3 nitrogen and oxygen atoms in total. The quantitative estimate of drug-likeness (QED) is 0.716. The van der Waals surface area contributed by atoms with Crippen molar-refractivity contribution in [2.45, 2.75) is 12.2 Å². The summed E-state index contributed by atoms with van der Waals surface area (Å²) in [5.74, 6) is 1.60. The molecule has 1 aliphatic rings. The lowest BCUT2D eigenvalue weighted by Gasteiger charge is -2.13. The standard InChI is InChI=1S/C9H10OS.CH5N.CH2O/c10-11-6-5-8-3-1-2-4-9(8)7-11;2*1-2/h1-4H,5-7H2;2H2,1H3;1H2. The Balaban J connectivity index is 0.000000442. The molecule has 0 amide bonds. The van der Waals surface area contributed by atoms with Gasteiger partial charge in [-0.25, -0.2) is 0 Å². The second-order valence-corrected chi connectivity index (χ2v) is 4.38. The molecule has 15 heavy (non-hydrogen) atoms. The van der Waals surface area contributed by atoms with Gasteiger partial charge in [-0.15, -0.1) is 0 Å². The Kier molecular flexibility index (Phi) is 7.77. The first kappa shape index (κ1) is 14.0. The minimum absolute atomic E-state index is 0.602. The van der Waals surface area contributed by atoms with E-state index in [0.717, 1.165) is 17.9 Å². The fraction of sp³-hybridized carbons (Fsp3) is 0.364. The molecule has 1 aromatic carbocycles. The van der Waals surface area contributed by atoms with Crippen molar-refractivity contribution in [1.29, 1.82) is 0 Å². The maximum atomic E-state index is 11.1. The molecular weight excluding hydrogens is 210 g/mol. The van der Waals surface area contributed by atoms with Gasteiger partial charge in [0.2, 0.25) is 0 Å². The van der Waals surface area contributed by atoms with E-state index in [-0.39, 0.29) is 0 Å². The van der Waals surface area contributed by atoms with Crippen LogP contribution in [0.3, 0.4) is 0 Å². The zero-order valence-corrected chi connectivity index (χ0v) is 9.76. The first-order valence-corrected chi connectivity index (χ1v) is 6.13. The van der Waals surface area contributed by atoms with Crippen LogP contribution in [0.1, 0.15) is 11.1 Å². The Morgan fingerprint density at radius 2 is 1.73 bits per heavy atom. The van der Waals surface area contributed by atoms with E-state index in [2.05, 4.69) is 17.9 Å². The van der Waals surface area contributed by atoms with Gasteiger partial charge in [-0.1, -0.05) is 24.3 Å². The van der Waals surface area contributed by atoms with Gasteiger partial charge in [0.15, 0.2) is 0 Å². The van der Waals surface area contributed by atoms with E-state index in [9.17, 15) is 4.21 Å². The van der Waals surface area contributed by atoms with Crippen molar-refractivity contribution < 1.29 is 9.00 Å². The highest BCUT2D eigenvalue weighted by atomic mass is 32.2. The molecule has 0 spiro atoms. The molecule has 0 aliphatic carbocycles. The van der Waals surface area contributed by atoms with Gasteiger partial charge in [-0.2, -0.15) is 0 Å². The Morgan fingerprint density at radius 1 is 1.20 bits per heavy atom. The van der Waals surface area contributed by atoms with Crippen LogP contribution < -0.4 is 5.73 Å². The minimum Gasteiger partial charge on any atom is -0.333 e. The molecule has 0 aromatic heterocycles. The summed E-state index contributed by atoms with van der Waals surface area (Å²) < 4.78 is 11.1. The predicted molar refractivity (Wildman–Crippen MR) is 64.1 cm³/mol. The summed E-state index contributed by atoms with van der Waals surface area (Å²) in [5, 5.41) is 0. The maximum absolute atomic E-state index is 11.1. The van der Waals surface area contributed by atoms with Crippen molar-refractivity contribution in [2.24, 2.45) is 5.73 Å². The monoisotopic (exact) mass is 227 g/mol. The van der Waals surface area contributed by atoms with Gasteiger partial charge >= 0.3 is 0 Å². The molecule has 1 heterocycles. The van der Waals surface area contributed by atoms with Crippen molar-refractivity contribution >= 4 is 17.6 Å². The predicted octanol–water partition coefficient (Wildman–Crippen LogP) is 0.881. The smallest absolute Gasteiger partial charge is 0.106 e. The van der Waals surface area contributed by atoms with Crippen LogP contribution in [0.25, 0.3) is 0 Å². The molecular formula is C11H17NO2S. The normalized spacial score (nSPS) is 17.3. The lowest BCUT2D eigenvalue weighted by atomic mass is 10.1. The molecule has 0 fully saturated rings. The van der Waals surface area contributed by atoms with Crippen LogP contribution in [0.15, 0.2) is 24.3 Å². The average molecular weight is 227 g/mol. The summed E-state index contributed by atoms with van der Waals surface area (Å²) in [6.45, 7) is 2.00. The van der Waals surface area contributed by atoms with Gasteiger partial charge in [0.25, 0.3) is 0 Å². The van der Waals surface area contributed by atoms with Crippen LogP contribution in [0.2, 0.25) is 0 Å². The summed E-state index contributed by atoms with van der Waals surface area (Å²) >= 11 is 0. The van der Waals surface area contributed by atoms with Crippen LogP contribution in [0.4, 0.5) is 0 Å². The first-order valence-electron chi connectivity index (χ1n) is 4.64. The Bertz CT molecular complexity index is 315. The van der Waals surface area contributed by atoms with E-state index >= 15 is 0 Å². The highest BCUT2D eigenvalue weighted by Crippen LogP contribution is 2.17. The molecule has 1 atom stereocenters. The van der Waals surface area contributed by atoms with Crippen LogP contribution in [0, 0.1) is 0 Å². The number of hydrogen-bond acceptors (Lipinski definition) is 3. The van der Waals surface area contributed by atoms with Crippen molar-refractivity contribution in [2.75, 3.05) is 12.8 Å². The van der Waals surface area contributed by atoms with Gasteiger partial charge in [-0.05, 0) is 24.6 Å². The third kappa shape index (κ3) is 4.36. The molecule has 1 aromatic rings. The summed E-state index contributed by atoms with van der Waals surface area (Å²) in [7, 11) is 0.898. The second kappa shape index (κ2) is 8.32. The van der Waals surface area contributed by atoms with Crippen molar-refractivity contribution in [1.82, 2.24) is 0 Å². The third-order valence-corrected chi connectivity index (χ3v) is 3.33. The molecule has 2 rings (SSSR count). The van der Waals surface area contributed by atoms with E-state index in [1.54, 1.807) is 0 Å². The van der Waals surface area contributed by atoms with Gasteiger partial charge in [-0.3, -0.25) is 4.21 Å². The van der Waals surface area contributed by atoms with Crippen molar-refractivity contribution in [3.63, 3.8) is 0 Å². The molecule has 4 heteroatoms. The number of carbonyl (C=O) groups excluding carboxylic acids is 1. The summed E-state index contributed by atoms with van der Waals surface area (Å²) in [4.78, 5) is 8.00. The fourth-order valence-corrected chi connectivity index (χ4v) is 2.63. The van der Waals surface area contributed by atoms with Gasteiger partial charge in [0.1, 0.15) is 6.79 Å². The summed E-state index contributed by atoms with van der Waals surface area (Å²) in [5.41, 5.74) is 7.16. The Hall–Kier alpha value is -1.00. The number of rotatable bonds is 0. The second-order valence-electron chi connectivity index (χ2n) is 2.81. The van der Waals surface area contributed by atoms with Crippen LogP contribution in [-0.4, -0.2) is 23.8 Å². The Morgan fingerprint density at radius 3 is 2.33 bits per heavy atom. The first-order chi connectivity index (χ1) is 7.36. The highest BCUT2D eigenvalue weighted by molar-refractivity contribution is 7.84. The van der Waals surface area contributed by atoms with Gasteiger partial charge in [0.05, 0.1) is 0 Å². The highest BCUT2D eigenvalue weighted by Gasteiger charge is 2.12. The zero-order chi connectivity index (χ0) is 11.7.